The molecule has 8 rings (SSSR count). The Balaban J connectivity index is 0.764. The van der Waals surface area contributed by atoms with Crippen molar-refractivity contribution in [3.63, 3.8) is 0 Å². The monoisotopic (exact) mass is 897 g/mol. The number of aromatic nitrogens is 4. The first-order valence-electron chi connectivity index (χ1n) is 23.4. The van der Waals surface area contributed by atoms with E-state index >= 15 is 0 Å². The van der Waals surface area contributed by atoms with Gasteiger partial charge in [-0.05, 0) is 49.9 Å². The number of hydrogen-bond donors (Lipinski definition) is 0. The molecule has 9 nitrogen and oxygen atoms in total. The van der Waals surface area contributed by atoms with Gasteiger partial charge in [0.25, 0.3) is 0 Å². The quantitative estimate of drug-likeness (QED) is 0.0445. The van der Waals surface area contributed by atoms with Crippen LogP contribution in [0.1, 0.15) is 64.2 Å². The number of hydrogen-bond acceptors (Lipinski definition) is 5. The predicted molar refractivity (Wildman–Crippen MR) is 267 cm³/mol. The smallest absolute Gasteiger partial charge is 0.291 e. The first-order chi connectivity index (χ1) is 32.6. The summed E-state index contributed by atoms with van der Waals surface area (Å²) in [6.07, 6.45) is 9.05. The minimum Gasteiger partial charge on any atom is -0.291 e. The summed E-state index contributed by atoms with van der Waals surface area (Å²) in [6, 6.07) is 60.4. The maximum atomic E-state index is 14.2. The number of nitrogens with zero attached hydrogens (tertiary/aromatic N) is 4. The van der Waals surface area contributed by atoms with Crippen molar-refractivity contribution < 1.29 is 13.6 Å². The number of para-hydroxylation sites is 2. The number of benzene rings is 6. The van der Waals surface area contributed by atoms with Crippen molar-refractivity contribution in [2.75, 3.05) is 13.2 Å². The van der Waals surface area contributed by atoms with Crippen LogP contribution in [0.15, 0.2) is 192 Å². The Kier molecular flexibility index (Phi) is 16.4. The molecule has 0 spiro atoms. The lowest BCUT2D eigenvalue weighted by Crippen LogP contribution is -2.24. The highest BCUT2D eigenvalue weighted by Crippen LogP contribution is 2.36. The maximum Gasteiger partial charge on any atom is 0.697 e. The van der Waals surface area contributed by atoms with E-state index in [0.29, 0.717) is 26.3 Å². The molecule has 0 amide bonds. The van der Waals surface area contributed by atoms with Gasteiger partial charge in [0.15, 0.2) is 0 Å². The van der Waals surface area contributed by atoms with E-state index in [9.17, 15) is 14.2 Å². The zero-order valence-corrected chi connectivity index (χ0v) is 38.4. The lowest BCUT2D eigenvalue weighted by molar-refractivity contribution is 0.218. The zero-order valence-electron chi connectivity index (χ0n) is 37.5. The lowest BCUT2D eigenvalue weighted by atomic mass is 10.0. The average Bonchev–Trinajstić information content (AvgIpc) is 3.84. The molecule has 2 aromatic heterocycles. The van der Waals surface area contributed by atoms with Crippen LogP contribution in [0.25, 0.3) is 56.4 Å². The Morgan fingerprint density at radius 3 is 0.939 bits per heavy atom. The van der Waals surface area contributed by atoms with Crippen molar-refractivity contribution >= 4 is 8.25 Å². The maximum absolute atomic E-state index is 14.2. The van der Waals surface area contributed by atoms with Crippen LogP contribution < -0.4 is 11.4 Å². The summed E-state index contributed by atoms with van der Waals surface area (Å²) in [5.74, 6) is 0. The van der Waals surface area contributed by atoms with E-state index in [2.05, 4.69) is 48.5 Å². The van der Waals surface area contributed by atoms with E-state index in [-0.39, 0.29) is 11.4 Å². The summed E-state index contributed by atoms with van der Waals surface area (Å²) in [7, 11) is -2.17. The molecule has 0 atom stereocenters. The molecule has 8 aromatic rings. The summed E-state index contributed by atoms with van der Waals surface area (Å²) >= 11 is 0. The van der Waals surface area contributed by atoms with Crippen LogP contribution in [0.5, 0.6) is 0 Å². The number of rotatable bonds is 24. The van der Waals surface area contributed by atoms with Gasteiger partial charge in [-0.3, -0.25) is 18.3 Å². The van der Waals surface area contributed by atoms with Gasteiger partial charge in [-0.15, -0.1) is 9.05 Å². The molecule has 0 unspecified atom stereocenters. The third-order valence-electron chi connectivity index (χ3n) is 11.9. The second-order valence-electron chi connectivity index (χ2n) is 16.5. The van der Waals surface area contributed by atoms with Crippen LogP contribution in [0.2, 0.25) is 0 Å². The molecule has 0 saturated heterocycles. The molecule has 0 saturated carbocycles. The lowest BCUT2D eigenvalue weighted by Gasteiger charge is -2.12. The van der Waals surface area contributed by atoms with Gasteiger partial charge in [-0.1, -0.05) is 196 Å². The minimum atomic E-state index is -2.17. The molecule has 6 aromatic carbocycles. The van der Waals surface area contributed by atoms with Gasteiger partial charge >= 0.3 is 19.6 Å². The van der Waals surface area contributed by atoms with E-state index in [1.165, 1.54) is 0 Å². The van der Waals surface area contributed by atoms with Crippen molar-refractivity contribution in [3.05, 3.63) is 203 Å². The molecule has 66 heavy (non-hydrogen) atoms. The molecule has 0 radical (unpaired) electrons. The molecular weight excluding hydrogens is 840 g/mol. The predicted octanol–water partition coefficient (Wildman–Crippen LogP) is 13.6. The average molecular weight is 898 g/mol. The normalized spacial score (nSPS) is 11.3. The van der Waals surface area contributed by atoms with Crippen LogP contribution in [0.3, 0.4) is 0 Å². The Morgan fingerprint density at radius 1 is 0.333 bits per heavy atom. The van der Waals surface area contributed by atoms with Gasteiger partial charge < -0.3 is 0 Å². The molecule has 0 fully saturated rings. The topological polar surface area (TPSA) is 89.4 Å². The van der Waals surface area contributed by atoms with Gasteiger partial charge in [0.05, 0.1) is 34.2 Å². The van der Waals surface area contributed by atoms with Gasteiger partial charge in [0.2, 0.25) is 0 Å². The van der Waals surface area contributed by atoms with Gasteiger partial charge in [-0.25, -0.2) is 9.59 Å². The van der Waals surface area contributed by atoms with Crippen molar-refractivity contribution in [1.82, 2.24) is 18.3 Å². The van der Waals surface area contributed by atoms with Gasteiger partial charge in [0, 0.05) is 39.9 Å². The molecule has 0 bridgehead atoms. The summed E-state index contributed by atoms with van der Waals surface area (Å²) < 4.78 is 31.1. The van der Waals surface area contributed by atoms with Crippen molar-refractivity contribution in [2.24, 2.45) is 0 Å². The number of imidazole rings is 2. The van der Waals surface area contributed by atoms with E-state index in [0.717, 1.165) is 121 Å². The largest absolute Gasteiger partial charge is 0.697 e. The van der Waals surface area contributed by atoms with Crippen LogP contribution >= 0.6 is 8.25 Å². The molecule has 0 aliphatic heterocycles. The van der Waals surface area contributed by atoms with Gasteiger partial charge in [0.1, 0.15) is 13.2 Å². The van der Waals surface area contributed by atoms with Crippen LogP contribution in [-0.2, 0) is 26.7 Å². The summed E-state index contributed by atoms with van der Waals surface area (Å²) in [4.78, 5) is 28.5. The summed E-state index contributed by atoms with van der Waals surface area (Å²) in [6.45, 7) is 1.98. The molecule has 0 aliphatic rings. The Hall–Kier alpha value is -6.64. The van der Waals surface area contributed by atoms with Gasteiger partial charge in [-0.2, -0.15) is 0 Å². The fourth-order valence-electron chi connectivity index (χ4n) is 8.76. The molecule has 0 aliphatic carbocycles. The third-order valence-corrected chi connectivity index (χ3v) is 12.7. The minimum absolute atomic E-state index is 0.0460. The highest BCUT2D eigenvalue weighted by atomic mass is 31.1. The first kappa shape index (κ1) is 45.9. The molecule has 2 heterocycles. The molecule has 0 N–H and O–H groups in total. The van der Waals surface area contributed by atoms with Crippen LogP contribution in [0, 0.1) is 0 Å². The van der Waals surface area contributed by atoms with E-state index in [1.54, 1.807) is 0 Å². The van der Waals surface area contributed by atoms with Crippen molar-refractivity contribution in [1.29, 1.82) is 0 Å². The molecule has 336 valence electrons. The van der Waals surface area contributed by atoms with Crippen LogP contribution in [0.4, 0.5) is 0 Å². The Bertz CT molecular complexity index is 2660. The highest BCUT2D eigenvalue weighted by molar-refractivity contribution is 7.33. The SMILES string of the molecule is O=c1n(CCCCCCCO[P+](=O)OCCCCCCCn2c(-c3ccccc3)c(-c3ccccc3)n(-c3ccccc3)c2=O)c(-c2ccccc2)c(-c2ccccc2)n1-c1ccccc1. The standard InChI is InChI=1S/C56H58N4O5P/c61-55-57(51(45-29-13-7-14-30-45)53(47-33-17-9-18-34-47)59(55)49-37-21-11-22-38-49)41-25-3-1-5-27-43-64-66(63)65-44-28-6-2-4-26-42-58-52(46-31-15-8-16-32-46)54(48-35-19-10-20-36-48)60(56(58)62)50-39-23-12-24-40-50/h7-24,29-40H,1-6,25-28,41-44H2/q+1. The fourth-order valence-corrected chi connectivity index (χ4v) is 9.39. The Labute approximate surface area is 388 Å². The van der Waals surface area contributed by atoms with Crippen molar-refractivity contribution in [2.45, 2.75) is 77.3 Å². The first-order valence-corrected chi connectivity index (χ1v) is 24.5. The van der Waals surface area contributed by atoms with Crippen molar-refractivity contribution in [3.8, 4) is 56.4 Å². The van der Waals surface area contributed by atoms with Crippen LogP contribution in [-0.4, -0.2) is 31.5 Å². The Morgan fingerprint density at radius 2 is 0.606 bits per heavy atom. The second-order valence-corrected chi connectivity index (χ2v) is 17.5. The van der Waals surface area contributed by atoms with E-state index < -0.39 is 8.25 Å². The molecule has 10 heteroatoms. The second kappa shape index (κ2) is 23.5. The van der Waals surface area contributed by atoms with E-state index in [1.807, 2.05) is 152 Å². The zero-order chi connectivity index (χ0) is 45.3. The summed E-state index contributed by atoms with van der Waals surface area (Å²) in [5, 5.41) is 0. The third kappa shape index (κ3) is 11.2. The fraction of sp³-hybridized carbons (Fsp3) is 0.250. The highest BCUT2D eigenvalue weighted by Gasteiger charge is 2.25. The molecular formula is C56H58N4O5P+. The summed E-state index contributed by atoms with van der Waals surface area (Å²) in [5.41, 5.74) is 9.22. The number of unbranched alkanes of at least 4 members (excludes halogenated alkanes) is 8. The van der Waals surface area contributed by atoms with E-state index in [4.69, 9.17) is 9.05 Å².